The second kappa shape index (κ2) is 6.53. The topological polar surface area (TPSA) is 39.3 Å². The number of rotatable bonds is 4. The van der Waals surface area contributed by atoms with Gasteiger partial charge in [-0.25, -0.2) is 0 Å². The first-order valence-corrected chi connectivity index (χ1v) is 8.27. The van der Waals surface area contributed by atoms with Crippen molar-refractivity contribution in [1.82, 2.24) is 14.8 Å². The molecule has 1 saturated heterocycles. The smallest absolute Gasteiger partial charge is 0.270 e. The maximum absolute atomic E-state index is 12.6. The highest BCUT2D eigenvalue weighted by molar-refractivity contribution is 5.98. The lowest BCUT2D eigenvalue weighted by Gasteiger charge is -2.32. The number of benzene rings is 1. The van der Waals surface area contributed by atoms with E-state index in [0.29, 0.717) is 5.69 Å². The zero-order valence-corrected chi connectivity index (χ0v) is 13.6. The first kappa shape index (κ1) is 15.1. The second-order valence-electron chi connectivity index (χ2n) is 6.30. The van der Waals surface area contributed by atoms with Crippen LogP contribution in [0.25, 0.3) is 10.9 Å². The fourth-order valence-electron chi connectivity index (χ4n) is 3.01. The van der Waals surface area contributed by atoms with E-state index in [2.05, 4.69) is 42.1 Å². The molecule has 2 heterocycles. The predicted octanol–water partition coefficient (Wildman–Crippen LogP) is 2.90. The lowest BCUT2D eigenvalue weighted by molar-refractivity contribution is 0.0659. The van der Waals surface area contributed by atoms with Gasteiger partial charge in [-0.05, 0) is 43.7 Å². The monoisotopic (exact) mass is 299 g/mol. The van der Waals surface area contributed by atoms with Crippen LogP contribution in [0.4, 0.5) is 0 Å². The van der Waals surface area contributed by atoms with Crippen LogP contribution in [0.5, 0.6) is 0 Å². The molecule has 0 atom stereocenters. The SMILES string of the molecule is CCCCc1ccc2[nH]c(C(=O)N3CCN(C)CC3)cc2c1. The minimum atomic E-state index is 0.124. The van der Waals surface area contributed by atoms with Crippen molar-refractivity contribution < 1.29 is 4.79 Å². The summed E-state index contributed by atoms with van der Waals surface area (Å²) in [5, 5.41) is 1.14. The first-order valence-electron chi connectivity index (χ1n) is 8.27. The number of nitrogens with zero attached hydrogens (tertiary/aromatic N) is 2. The summed E-state index contributed by atoms with van der Waals surface area (Å²) < 4.78 is 0. The quantitative estimate of drug-likeness (QED) is 0.943. The van der Waals surface area contributed by atoms with Crippen LogP contribution in [0.3, 0.4) is 0 Å². The van der Waals surface area contributed by atoms with Crippen molar-refractivity contribution in [3.63, 3.8) is 0 Å². The van der Waals surface area contributed by atoms with Gasteiger partial charge < -0.3 is 14.8 Å². The van der Waals surface area contributed by atoms with Crippen LogP contribution in [0.1, 0.15) is 35.8 Å². The number of carbonyl (C=O) groups is 1. The average molecular weight is 299 g/mol. The van der Waals surface area contributed by atoms with Gasteiger partial charge in [0.05, 0.1) is 0 Å². The molecule has 4 heteroatoms. The number of fused-ring (bicyclic) bond motifs is 1. The molecule has 2 aromatic rings. The fourth-order valence-corrected chi connectivity index (χ4v) is 3.01. The highest BCUT2D eigenvalue weighted by atomic mass is 16.2. The van der Waals surface area contributed by atoms with Gasteiger partial charge in [-0.1, -0.05) is 19.4 Å². The van der Waals surface area contributed by atoms with Crippen molar-refractivity contribution in [1.29, 1.82) is 0 Å². The van der Waals surface area contributed by atoms with Crippen LogP contribution >= 0.6 is 0 Å². The molecule has 0 aliphatic carbocycles. The third kappa shape index (κ3) is 3.17. The van der Waals surface area contributed by atoms with Gasteiger partial charge in [0.25, 0.3) is 5.91 Å². The van der Waals surface area contributed by atoms with Crippen molar-refractivity contribution >= 4 is 16.8 Å². The van der Waals surface area contributed by atoms with Gasteiger partial charge in [0.1, 0.15) is 5.69 Å². The number of nitrogens with one attached hydrogen (secondary N) is 1. The number of likely N-dealkylation sites (N-methyl/N-ethyl adjacent to an activating group) is 1. The number of H-pyrrole nitrogens is 1. The number of aromatic amines is 1. The first-order chi connectivity index (χ1) is 10.7. The Morgan fingerprint density at radius 1 is 1.18 bits per heavy atom. The molecular weight excluding hydrogens is 274 g/mol. The third-order valence-electron chi connectivity index (χ3n) is 4.53. The van der Waals surface area contributed by atoms with Crippen molar-refractivity contribution in [2.45, 2.75) is 26.2 Å². The van der Waals surface area contributed by atoms with E-state index in [1.807, 2.05) is 11.0 Å². The molecule has 0 unspecified atom stereocenters. The summed E-state index contributed by atoms with van der Waals surface area (Å²) in [6, 6.07) is 8.48. The molecule has 0 spiro atoms. The number of aromatic nitrogens is 1. The van der Waals surface area contributed by atoms with E-state index in [4.69, 9.17) is 0 Å². The lowest BCUT2D eigenvalue weighted by Crippen LogP contribution is -2.47. The minimum absolute atomic E-state index is 0.124. The van der Waals surface area contributed by atoms with E-state index in [-0.39, 0.29) is 5.91 Å². The van der Waals surface area contributed by atoms with Gasteiger partial charge in [-0.3, -0.25) is 4.79 Å². The number of hydrogen-bond donors (Lipinski definition) is 1. The Hall–Kier alpha value is -1.81. The predicted molar refractivity (Wildman–Crippen MR) is 90.3 cm³/mol. The molecule has 3 rings (SSSR count). The number of piperazine rings is 1. The van der Waals surface area contributed by atoms with Crippen LogP contribution in [-0.4, -0.2) is 53.9 Å². The molecule has 1 fully saturated rings. The van der Waals surface area contributed by atoms with Crippen LogP contribution in [-0.2, 0) is 6.42 Å². The highest BCUT2D eigenvalue weighted by Crippen LogP contribution is 2.20. The van der Waals surface area contributed by atoms with E-state index >= 15 is 0 Å². The van der Waals surface area contributed by atoms with Crippen LogP contribution in [0.15, 0.2) is 24.3 Å². The zero-order valence-electron chi connectivity index (χ0n) is 13.6. The molecule has 0 bridgehead atoms. The fraction of sp³-hybridized carbons (Fsp3) is 0.500. The summed E-state index contributed by atoms with van der Waals surface area (Å²) in [6.07, 6.45) is 3.53. The standard InChI is InChI=1S/C18H25N3O/c1-3-4-5-14-6-7-16-15(12-14)13-17(19-16)18(22)21-10-8-20(2)9-11-21/h6-7,12-13,19H,3-5,8-11H2,1-2H3. The molecule has 1 aromatic heterocycles. The summed E-state index contributed by atoms with van der Waals surface area (Å²) in [6.45, 7) is 5.74. The maximum atomic E-state index is 12.6. The van der Waals surface area contributed by atoms with Crippen LogP contribution in [0, 0.1) is 0 Å². The van der Waals surface area contributed by atoms with Crippen molar-refractivity contribution in [3.05, 3.63) is 35.5 Å². The molecule has 1 amide bonds. The Balaban J connectivity index is 1.77. The van der Waals surface area contributed by atoms with E-state index in [1.54, 1.807) is 0 Å². The number of amides is 1. The van der Waals surface area contributed by atoms with E-state index < -0.39 is 0 Å². The Kier molecular flexibility index (Phi) is 4.48. The van der Waals surface area contributed by atoms with Crippen LogP contribution in [0.2, 0.25) is 0 Å². The molecule has 1 aliphatic heterocycles. The summed E-state index contributed by atoms with van der Waals surface area (Å²) in [5.41, 5.74) is 3.12. The molecule has 1 N–H and O–H groups in total. The number of carbonyl (C=O) groups excluding carboxylic acids is 1. The third-order valence-corrected chi connectivity index (χ3v) is 4.53. The normalized spacial score (nSPS) is 16.4. The van der Waals surface area contributed by atoms with Gasteiger partial charge in [-0.15, -0.1) is 0 Å². The lowest BCUT2D eigenvalue weighted by atomic mass is 10.1. The number of hydrogen-bond acceptors (Lipinski definition) is 2. The van der Waals surface area contributed by atoms with E-state index in [0.717, 1.165) is 43.5 Å². The molecule has 118 valence electrons. The molecule has 22 heavy (non-hydrogen) atoms. The summed E-state index contributed by atoms with van der Waals surface area (Å²) in [4.78, 5) is 20.1. The highest BCUT2D eigenvalue weighted by Gasteiger charge is 2.21. The van der Waals surface area contributed by atoms with Gasteiger partial charge in [0.15, 0.2) is 0 Å². The average Bonchev–Trinajstić information content (AvgIpc) is 2.96. The summed E-state index contributed by atoms with van der Waals surface area (Å²) >= 11 is 0. The molecular formula is C18H25N3O. The van der Waals surface area contributed by atoms with Gasteiger partial charge >= 0.3 is 0 Å². The van der Waals surface area contributed by atoms with Gasteiger partial charge in [0.2, 0.25) is 0 Å². The van der Waals surface area contributed by atoms with Gasteiger partial charge in [-0.2, -0.15) is 0 Å². The summed E-state index contributed by atoms with van der Waals surface area (Å²) in [7, 11) is 2.10. The molecule has 0 radical (unpaired) electrons. The molecule has 0 saturated carbocycles. The van der Waals surface area contributed by atoms with Crippen LogP contribution < -0.4 is 0 Å². The molecule has 4 nitrogen and oxygen atoms in total. The Morgan fingerprint density at radius 2 is 1.95 bits per heavy atom. The molecule has 1 aliphatic rings. The summed E-state index contributed by atoms with van der Waals surface area (Å²) in [5.74, 6) is 0.124. The van der Waals surface area contributed by atoms with Crippen molar-refractivity contribution in [3.8, 4) is 0 Å². The number of aryl methyl sites for hydroxylation is 1. The van der Waals surface area contributed by atoms with E-state index in [9.17, 15) is 4.79 Å². The van der Waals surface area contributed by atoms with Crippen molar-refractivity contribution in [2.24, 2.45) is 0 Å². The van der Waals surface area contributed by atoms with Crippen molar-refractivity contribution in [2.75, 3.05) is 33.2 Å². The Bertz CT molecular complexity index is 653. The Labute approximate surface area is 132 Å². The zero-order chi connectivity index (χ0) is 15.5. The second-order valence-corrected chi connectivity index (χ2v) is 6.30. The maximum Gasteiger partial charge on any atom is 0.270 e. The van der Waals surface area contributed by atoms with Gasteiger partial charge in [0, 0.05) is 37.1 Å². The number of unbranched alkanes of at least 4 members (excludes halogenated alkanes) is 1. The largest absolute Gasteiger partial charge is 0.351 e. The minimum Gasteiger partial charge on any atom is -0.351 e. The van der Waals surface area contributed by atoms with E-state index in [1.165, 1.54) is 18.4 Å². The Morgan fingerprint density at radius 3 is 2.68 bits per heavy atom. The molecule has 1 aromatic carbocycles.